The van der Waals surface area contributed by atoms with Gasteiger partial charge in [0.2, 0.25) is 0 Å². The van der Waals surface area contributed by atoms with E-state index in [4.69, 9.17) is 21.1 Å². The van der Waals surface area contributed by atoms with Crippen molar-refractivity contribution >= 4 is 45.3 Å². The number of hydrogen-bond acceptors (Lipinski definition) is 5. The van der Waals surface area contributed by atoms with Crippen LogP contribution in [-0.2, 0) is 11.4 Å². The second-order valence-corrected chi connectivity index (χ2v) is 8.06. The van der Waals surface area contributed by atoms with Crippen molar-refractivity contribution in [2.45, 2.75) is 13.5 Å². The maximum absolute atomic E-state index is 12.0. The summed E-state index contributed by atoms with van der Waals surface area (Å²) in [6, 6.07) is 20.5. The molecule has 1 amide bonds. The van der Waals surface area contributed by atoms with Crippen LogP contribution >= 0.6 is 27.5 Å². The van der Waals surface area contributed by atoms with Crippen molar-refractivity contribution in [3.05, 3.63) is 87.4 Å². The lowest BCUT2D eigenvalue weighted by atomic mass is 10.2. The summed E-state index contributed by atoms with van der Waals surface area (Å²) in [5, 5.41) is 7.74. The summed E-state index contributed by atoms with van der Waals surface area (Å²) in [5.41, 5.74) is 5.13. The van der Waals surface area contributed by atoms with Crippen molar-refractivity contribution < 1.29 is 14.3 Å². The normalized spacial score (nSPS) is 10.7. The highest BCUT2D eigenvalue weighted by molar-refractivity contribution is 9.10. The van der Waals surface area contributed by atoms with Crippen LogP contribution in [0.15, 0.2) is 76.3 Å². The fourth-order valence-electron chi connectivity index (χ4n) is 2.70. The molecule has 0 aliphatic rings. The van der Waals surface area contributed by atoms with Crippen molar-refractivity contribution in [1.82, 2.24) is 5.43 Å². The van der Waals surface area contributed by atoms with Crippen molar-refractivity contribution in [1.29, 1.82) is 0 Å². The second-order valence-electron chi connectivity index (χ2n) is 6.71. The molecule has 0 saturated heterocycles. The maximum Gasteiger partial charge on any atom is 0.259 e. The summed E-state index contributed by atoms with van der Waals surface area (Å²) >= 11 is 9.30. The number of carbonyl (C=O) groups is 1. The zero-order valence-corrected chi connectivity index (χ0v) is 19.8. The Hall–Kier alpha value is -3.03. The molecule has 0 saturated carbocycles. The quantitative estimate of drug-likeness (QED) is 0.270. The SMILES string of the molecule is CCOc1cc(/C=N\NC(=O)CNc2ccc(Br)cc2)ccc1OCc1ccc(Cl)cc1. The minimum absolute atomic E-state index is 0.112. The van der Waals surface area contributed by atoms with E-state index in [-0.39, 0.29) is 12.5 Å². The van der Waals surface area contributed by atoms with E-state index in [0.717, 1.165) is 21.3 Å². The molecule has 2 N–H and O–H groups in total. The topological polar surface area (TPSA) is 72.0 Å². The molecule has 0 heterocycles. The predicted octanol–water partition coefficient (Wildman–Crippen LogP) is 5.64. The van der Waals surface area contributed by atoms with Gasteiger partial charge in [0.25, 0.3) is 5.91 Å². The third kappa shape index (κ3) is 7.59. The lowest BCUT2D eigenvalue weighted by Gasteiger charge is -2.12. The van der Waals surface area contributed by atoms with Crippen LogP contribution in [0.2, 0.25) is 5.02 Å². The smallest absolute Gasteiger partial charge is 0.259 e. The van der Waals surface area contributed by atoms with Gasteiger partial charge in [0, 0.05) is 15.2 Å². The zero-order chi connectivity index (χ0) is 22.8. The molecule has 0 bridgehead atoms. The molecule has 0 aromatic heterocycles. The third-order valence-corrected chi connectivity index (χ3v) is 5.06. The van der Waals surface area contributed by atoms with Crippen LogP contribution in [0.1, 0.15) is 18.1 Å². The van der Waals surface area contributed by atoms with E-state index in [1.165, 1.54) is 0 Å². The first-order valence-corrected chi connectivity index (χ1v) is 11.2. The van der Waals surface area contributed by atoms with Gasteiger partial charge in [-0.05, 0) is 72.6 Å². The number of carbonyl (C=O) groups excluding carboxylic acids is 1. The lowest BCUT2D eigenvalue weighted by Crippen LogP contribution is -2.25. The highest BCUT2D eigenvalue weighted by Crippen LogP contribution is 2.29. The van der Waals surface area contributed by atoms with E-state index in [1.54, 1.807) is 6.21 Å². The van der Waals surface area contributed by atoms with Gasteiger partial charge in [0.15, 0.2) is 11.5 Å². The average Bonchev–Trinajstić information content (AvgIpc) is 2.79. The Labute approximate surface area is 200 Å². The number of anilines is 1. The van der Waals surface area contributed by atoms with Crippen LogP contribution in [0.25, 0.3) is 0 Å². The van der Waals surface area contributed by atoms with Crippen LogP contribution in [0.4, 0.5) is 5.69 Å². The fourth-order valence-corrected chi connectivity index (χ4v) is 3.09. The maximum atomic E-state index is 12.0. The van der Waals surface area contributed by atoms with Gasteiger partial charge in [-0.3, -0.25) is 4.79 Å². The molecule has 0 spiro atoms. The molecule has 0 aliphatic carbocycles. The molecule has 0 unspecified atom stereocenters. The van der Waals surface area contributed by atoms with E-state index in [2.05, 4.69) is 31.8 Å². The first-order valence-electron chi connectivity index (χ1n) is 9.99. The number of amides is 1. The molecular formula is C24H23BrClN3O3. The molecule has 0 aliphatic heterocycles. The van der Waals surface area contributed by atoms with Crippen LogP contribution in [-0.4, -0.2) is 25.3 Å². The van der Waals surface area contributed by atoms with Crippen molar-refractivity contribution in [3.63, 3.8) is 0 Å². The second kappa shape index (κ2) is 12.1. The molecule has 0 atom stereocenters. The largest absolute Gasteiger partial charge is 0.490 e. The molecule has 0 fully saturated rings. The fraction of sp³-hybridized carbons (Fsp3) is 0.167. The van der Waals surface area contributed by atoms with Gasteiger partial charge in [0.05, 0.1) is 19.4 Å². The number of rotatable bonds is 10. The van der Waals surface area contributed by atoms with E-state index in [9.17, 15) is 4.79 Å². The molecule has 32 heavy (non-hydrogen) atoms. The van der Waals surface area contributed by atoms with Gasteiger partial charge in [-0.25, -0.2) is 5.43 Å². The van der Waals surface area contributed by atoms with E-state index >= 15 is 0 Å². The van der Waals surface area contributed by atoms with E-state index in [0.29, 0.717) is 29.7 Å². The first-order chi connectivity index (χ1) is 15.5. The van der Waals surface area contributed by atoms with Crippen LogP contribution < -0.4 is 20.2 Å². The minimum Gasteiger partial charge on any atom is -0.490 e. The first kappa shape index (κ1) is 23.6. The Morgan fingerprint density at radius 2 is 1.78 bits per heavy atom. The number of hydrazone groups is 1. The lowest BCUT2D eigenvalue weighted by molar-refractivity contribution is -0.119. The molecule has 3 rings (SSSR count). The van der Waals surface area contributed by atoms with Gasteiger partial charge in [-0.1, -0.05) is 39.7 Å². The van der Waals surface area contributed by atoms with E-state index in [1.807, 2.05) is 73.7 Å². The monoisotopic (exact) mass is 515 g/mol. The van der Waals surface area contributed by atoms with Crippen molar-refractivity contribution in [2.24, 2.45) is 5.10 Å². The number of nitrogens with one attached hydrogen (secondary N) is 2. The Balaban J connectivity index is 1.54. The average molecular weight is 517 g/mol. The van der Waals surface area contributed by atoms with Gasteiger partial charge < -0.3 is 14.8 Å². The zero-order valence-electron chi connectivity index (χ0n) is 17.5. The summed E-state index contributed by atoms with van der Waals surface area (Å²) in [5.74, 6) is 0.979. The summed E-state index contributed by atoms with van der Waals surface area (Å²) in [4.78, 5) is 12.0. The van der Waals surface area contributed by atoms with E-state index < -0.39 is 0 Å². The molecule has 0 radical (unpaired) electrons. The Bertz CT molecular complexity index is 1060. The summed E-state index contributed by atoms with van der Waals surface area (Å²) < 4.78 is 12.6. The number of ether oxygens (including phenoxy) is 2. The summed E-state index contributed by atoms with van der Waals surface area (Å²) in [6.45, 7) is 2.91. The third-order valence-electron chi connectivity index (χ3n) is 4.28. The molecule has 166 valence electrons. The molecule has 3 aromatic carbocycles. The van der Waals surface area contributed by atoms with Gasteiger partial charge in [0.1, 0.15) is 6.61 Å². The van der Waals surface area contributed by atoms with Gasteiger partial charge in [-0.15, -0.1) is 0 Å². The Morgan fingerprint density at radius 1 is 1.03 bits per heavy atom. The summed E-state index contributed by atoms with van der Waals surface area (Å²) in [7, 11) is 0. The number of benzene rings is 3. The number of hydrogen-bond donors (Lipinski definition) is 2. The van der Waals surface area contributed by atoms with Crippen molar-refractivity contribution in [2.75, 3.05) is 18.5 Å². The van der Waals surface area contributed by atoms with Gasteiger partial charge in [-0.2, -0.15) is 5.10 Å². The highest BCUT2D eigenvalue weighted by Gasteiger charge is 2.07. The molecular weight excluding hydrogens is 494 g/mol. The van der Waals surface area contributed by atoms with Crippen LogP contribution in [0.5, 0.6) is 11.5 Å². The number of nitrogens with zero attached hydrogens (tertiary/aromatic N) is 1. The summed E-state index contributed by atoms with van der Waals surface area (Å²) in [6.07, 6.45) is 1.56. The molecule has 6 nitrogen and oxygen atoms in total. The predicted molar refractivity (Wildman–Crippen MR) is 132 cm³/mol. The van der Waals surface area contributed by atoms with Gasteiger partial charge >= 0.3 is 0 Å². The van der Waals surface area contributed by atoms with Crippen molar-refractivity contribution in [3.8, 4) is 11.5 Å². The highest BCUT2D eigenvalue weighted by atomic mass is 79.9. The Kier molecular flexibility index (Phi) is 8.95. The van der Waals surface area contributed by atoms with Crippen LogP contribution in [0.3, 0.4) is 0 Å². The minimum atomic E-state index is -0.253. The Morgan fingerprint density at radius 3 is 2.50 bits per heavy atom. The molecule has 8 heteroatoms. The number of halogens is 2. The standard InChI is InChI=1S/C24H23BrClN3O3/c1-2-31-23-13-18(5-12-22(23)32-16-17-3-8-20(26)9-4-17)14-28-29-24(30)15-27-21-10-6-19(25)7-11-21/h3-14,27H,2,15-16H2,1H3,(H,29,30)/b28-14-. The molecule has 3 aromatic rings. The van der Waals surface area contributed by atoms with Crippen LogP contribution in [0, 0.1) is 0 Å².